The van der Waals surface area contributed by atoms with Crippen molar-refractivity contribution in [2.75, 3.05) is 13.7 Å². The van der Waals surface area contributed by atoms with Crippen molar-refractivity contribution < 1.29 is 14.6 Å². The summed E-state index contributed by atoms with van der Waals surface area (Å²) >= 11 is 0. The first-order chi connectivity index (χ1) is 5.74. The van der Waals surface area contributed by atoms with E-state index < -0.39 is 6.10 Å². The van der Waals surface area contributed by atoms with Gasteiger partial charge in [0.2, 0.25) is 0 Å². The highest BCUT2D eigenvalue weighted by Gasteiger charge is 2.10. The van der Waals surface area contributed by atoms with E-state index >= 15 is 0 Å². The molecule has 12 heavy (non-hydrogen) atoms. The average Bonchev–Trinajstić information content (AvgIpc) is 2.06. The summed E-state index contributed by atoms with van der Waals surface area (Å²) in [6, 6.07) is 0. The first-order valence-corrected chi connectivity index (χ1v) is 3.59. The van der Waals surface area contributed by atoms with Crippen molar-refractivity contribution >= 4 is 5.91 Å². The van der Waals surface area contributed by atoms with Crippen LogP contribution in [0, 0.1) is 0 Å². The van der Waals surface area contributed by atoms with Crippen molar-refractivity contribution in [1.29, 1.82) is 0 Å². The third-order valence-electron chi connectivity index (χ3n) is 1.44. The molecule has 0 aromatic rings. The molecule has 0 radical (unpaired) electrons. The molecule has 0 fully saturated rings. The number of amides is 1. The van der Waals surface area contributed by atoms with Gasteiger partial charge in [0.05, 0.1) is 6.10 Å². The molecule has 0 unspecified atom stereocenters. The highest BCUT2D eigenvalue weighted by molar-refractivity contribution is 5.79. The van der Waals surface area contributed by atoms with Gasteiger partial charge in [-0.25, -0.2) is 0 Å². The van der Waals surface area contributed by atoms with Crippen LogP contribution in [0.3, 0.4) is 0 Å². The number of carbonyl (C=O) groups excluding carboxylic acids is 1. The van der Waals surface area contributed by atoms with Gasteiger partial charge in [-0.1, -0.05) is 0 Å². The molecule has 1 rings (SSSR count). The minimum atomic E-state index is -0.586. The number of aliphatic hydroxyl groups is 1. The van der Waals surface area contributed by atoms with Crippen molar-refractivity contribution in [2.24, 2.45) is 0 Å². The Morgan fingerprint density at radius 1 is 1.58 bits per heavy atom. The zero-order chi connectivity index (χ0) is 8.97. The van der Waals surface area contributed by atoms with E-state index in [4.69, 9.17) is 5.11 Å². The Balaban J connectivity index is 2.50. The minimum absolute atomic E-state index is 0.0464. The molecule has 0 spiro atoms. The summed E-state index contributed by atoms with van der Waals surface area (Å²) in [7, 11) is 1.46. The van der Waals surface area contributed by atoms with Gasteiger partial charge in [0.1, 0.15) is 6.61 Å². The summed E-state index contributed by atoms with van der Waals surface area (Å²) in [5.74, 6) is -0.156. The first kappa shape index (κ1) is 8.96. The van der Waals surface area contributed by atoms with Crippen molar-refractivity contribution in [3.05, 3.63) is 24.6 Å². The lowest BCUT2D eigenvalue weighted by Crippen LogP contribution is -2.26. The maximum atomic E-state index is 11.1. The van der Waals surface area contributed by atoms with Gasteiger partial charge in [-0.3, -0.25) is 9.69 Å². The second-order valence-electron chi connectivity index (χ2n) is 2.41. The van der Waals surface area contributed by atoms with E-state index in [-0.39, 0.29) is 12.5 Å². The molecule has 0 bridgehead atoms. The number of rotatable bonds is 2. The highest BCUT2D eigenvalue weighted by atomic mass is 16.5. The maximum absolute atomic E-state index is 11.1. The number of nitrogens with zero attached hydrogens (tertiary/aromatic N) is 1. The Bertz CT molecular complexity index is 208. The second kappa shape index (κ2) is 4.04. The molecule has 4 nitrogen and oxygen atoms in total. The summed E-state index contributed by atoms with van der Waals surface area (Å²) in [4.78, 5) is 12.5. The molecule has 0 atom stereocenters. The van der Waals surface area contributed by atoms with Gasteiger partial charge >= 0.3 is 0 Å². The topological polar surface area (TPSA) is 49.8 Å². The molecule has 1 amide bonds. The predicted molar refractivity (Wildman–Crippen MR) is 43.0 cm³/mol. The van der Waals surface area contributed by atoms with E-state index in [1.54, 1.807) is 0 Å². The summed E-state index contributed by atoms with van der Waals surface area (Å²) in [6.45, 7) is 0.0464. The Morgan fingerprint density at radius 3 is 2.67 bits per heavy atom. The van der Waals surface area contributed by atoms with Crippen LogP contribution in [0.5, 0.6) is 0 Å². The van der Waals surface area contributed by atoms with Gasteiger partial charge in [0, 0.05) is 19.5 Å². The molecule has 66 valence electrons. The van der Waals surface area contributed by atoms with Crippen molar-refractivity contribution in [3.8, 4) is 0 Å². The average molecular weight is 169 g/mol. The summed E-state index contributed by atoms with van der Waals surface area (Å²) in [5.41, 5.74) is 0. The molecule has 0 aromatic heterocycles. The van der Waals surface area contributed by atoms with Crippen LogP contribution >= 0.6 is 0 Å². The van der Waals surface area contributed by atoms with Crippen LogP contribution < -0.4 is 0 Å². The fourth-order valence-electron chi connectivity index (χ4n) is 0.840. The molecular weight excluding hydrogens is 158 g/mol. The molecule has 0 aliphatic carbocycles. The maximum Gasteiger partial charge on any atom is 0.256 e. The Kier molecular flexibility index (Phi) is 3.01. The van der Waals surface area contributed by atoms with E-state index in [0.717, 1.165) is 0 Å². The van der Waals surface area contributed by atoms with Gasteiger partial charge in [-0.15, -0.1) is 0 Å². The van der Waals surface area contributed by atoms with Crippen LogP contribution in [-0.4, -0.2) is 35.7 Å². The zero-order valence-corrected chi connectivity index (χ0v) is 6.80. The third-order valence-corrected chi connectivity index (χ3v) is 1.44. The molecule has 1 aliphatic rings. The van der Waals surface area contributed by atoms with E-state index in [0.29, 0.717) is 0 Å². The van der Waals surface area contributed by atoms with E-state index in [9.17, 15) is 4.79 Å². The summed E-state index contributed by atoms with van der Waals surface area (Å²) in [6.07, 6.45) is 5.50. The fourth-order valence-corrected chi connectivity index (χ4v) is 0.840. The number of aliphatic hydroxyl groups excluding tert-OH is 1. The fraction of sp³-hybridized carbons (Fsp3) is 0.375. The van der Waals surface area contributed by atoms with Crippen LogP contribution in [0.1, 0.15) is 0 Å². The number of ether oxygens (including phenoxy) is 1. The lowest BCUT2D eigenvalue weighted by Gasteiger charge is -2.16. The number of methoxy groups -OCH3 is 1. The quantitative estimate of drug-likeness (QED) is 0.626. The van der Waals surface area contributed by atoms with E-state index in [2.05, 4.69) is 4.74 Å². The normalized spacial score (nSPS) is 17.0. The van der Waals surface area contributed by atoms with Crippen LogP contribution in [0.15, 0.2) is 24.6 Å². The number of hydrogen-bond donors (Lipinski definition) is 1. The third kappa shape index (κ3) is 2.18. The van der Waals surface area contributed by atoms with Crippen LogP contribution in [0.2, 0.25) is 0 Å². The molecule has 0 saturated heterocycles. The van der Waals surface area contributed by atoms with Gasteiger partial charge in [0.15, 0.2) is 0 Å². The summed E-state index contributed by atoms with van der Waals surface area (Å²) < 4.78 is 4.66. The van der Waals surface area contributed by atoms with Crippen LogP contribution in [0.4, 0.5) is 0 Å². The highest BCUT2D eigenvalue weighted by Crippen LogP contribution is 2.03. The number of carbonyl (C=O) groups is 1. The van der Waals surface area contributed by atoms with Crippen molar-refractivity contribution in [3.63, 3.8) is 0 Å². The van der Waals surface area contributed by atoms with Crippen LogP contribution in [0.25, 0.3) is 0 Å². The molecule has 0 aromatic carbocycles. The second-order valence-corrected chi connectivity index (χ2v) is 2.41. The Hall–Kier alpha value is -1.13. The molecule has 4 heteroatoms. The molecular formula is C8H11NO3. The van der Waals surface area contributed by atoms with E-state index in [1.807, 2.05) is 0 Å². The van der Waals surface area contributed by atoms with Crippen molar-refractivity contribution in [1.82, 2.24) is 4.90 Å². The lowest BCUT2D eigenvalue weighted by atomic mass is 10.3. The standard InChI is InChI=1S/C8H11NO3/c1-12-6-8(11)9-4-2-7(10)3-5-9/h2-5,7,10H,6H2,1H3. The van der Waals surface area contributed by atoms with Gasteiger partial charge in [-0.05, 0) is 12.2 Å². The van der Waals surface area contributed by atoms with Crippen molar-refractivity contribution in [2.45, 2.75) is 6.10 Å². The van der Waals surface area contributed by atoms with Crippen LogP contribution in [-0.2, 0) is 9.53 Å². The van der Waals surface area contributed by atoms with Gasteiger partial charge in [0.25, 0.3) is 5.91 Å². The minimum Gasteiger partial charge on any atom is -0.385 e. The predicted octanol–water partition coefficient (Wildman–Crippen LogP) is -0.137. The Labute approximate surface area is 70.7 Å². The largest absolute Gasteiger partial charge is 0.385 e. The smallest absolute Gasteiger partial charge is 0.256 e. The zero-order valence-electron chi connectivity index (χ0n) is 6.80. The summed E-state index contributed by atoms with van der Waals surface area (Å²) in [5, 5.41) is 9.00. The molecule has 1 aliphatic heterocycles. The molecule has 1 heterocycles. The van der Waals surface area contributed by atoms with Gasteiger partial charge < -0.3 is 9.84 Å². The van der Waals surface area contributed by atoms with E-state index in [1.165, 1.54) is 36.6 Å². The SMILES string of the molecule is COCC(=O)N1C=CC(O)C=C1. The number of hydrogen-bond acceptors (Lipinski definition) is 3. The van der Waals surface area contributed by atoms with Gasteiger partial charge in [-0.2, -0.15) is 0 Å². The molecule has 0 saturated carbocycles. The lowest BCUT2D eigenvalue weighted by molar-refractivity contribution is -0.130. The molecule has 1 N–H and O–H groups in total. The first-order valence-electron chi connectivity index (χ1n) is 3.59. The Morgan fingerprint density at radius 2 is 2.17 bits per heavy atom. The monoisotopic (exact) mass is 169 g/mol.